The van der Waals surface area contributed by atoms with Crippen LogP contribution in [0.5, 0.6) is 0 Å². The van der Waals surface area contributed by atoms with Crippen molar-refractivity contribution in [2.24, 2.45) is 0 Å². The maximum absolute atomic E-state index is 13.1. The van der Waals surface area contributed by atoms with Crippen molar-refractivity contribution in [3.8, 4) is 0 Å². The summed E-state index contributed by atoms with van der Waals surface area (Å²) in [5, 5.41) is 4.58. The van der Waals surface area contributed by atoms with Crippen molar-refractivity contribution < 1.29 is 4.39 Å². The molecular formula is C23H27FN6O. The van der Waals surface area contributed by atoms with Crippen molar-refractivity contribution in [2.45, 2.75) is 39.3 Å². The van der Waals surface area contributed by atoms with Gasteiger partial charge in [0, 0.05) is 49.7 Å². The molecule has 1 atom stereocenters. The minimum atomic E-state index is -0.420. The summed E-state index contributed by atoms with van der Waals surface area (Å²) in [6, 6.07) is 4.64. The van der Waals surface area contributed by atoms with E-state index in [1.54, 1.807) is 0 Å². The lowest BCUT2D eigenvalue weighted by molar-refractivity contribution is 0.180. The number of aromatic amines is 1. The number of fused-ring (bicyclic) bond motifs is 3. The van der Waals surface area contributed by atoms with Crippen LogP contribution in [0.25, 0.3) is 10.9 Å². The molecule has 7 nitrogen and oxygen atoms in total. The van der Waals surface area contributed by atoms with Gasteiger partial charge in [0.1, 0.15) is 0 Å². The third-order valence-corrected chi connectivity index (χ3v) is 6.42. The predicted molar refractivity (Wildman–Crippen MR) is 120 cm³/mol. The van der Waals surface area contributed by atoms with E-state index in [0.29, 0.717) is 12.0 Å². The highest BCUT2D eigenvalue weighted by Gasteiger charge is 2.26. The lowest BCUT2D eigenvalue weighted by atomic mass is 9.97. The molecule has 0 aliphatic carbocycles. The number of aromatic nitrogens is 3. The Morgan fingerprint density at radius 1 is 1.23 bits per heavy atom. The number of hydrogen-bond donors (Lipinski definition) is 2. The molecule has 4 heterocycles. The summed E-state index contributed by atoms with van der Waals surface area (Å²) in [5.74, 6) is 0.154. The standard InChI is InChI=1S/C23H27FN6O/c1-14-8-16(9-19-20(14)21-18(22(31)28-19)4-3-5-25-21)13-29-6-7-30(12-15(29)2)23-26-10-17(24)11-27-23/h8-11,15,25H,3-7,12-13H2,1-2H3,(H,28,31). The van der Waals surface area contributed by atoms with Gasteiger partial charge in [-0.2, -0.15) is 0 Å². The molecule has 0 spiro atoms. The van der Waals surface area contributed by atoms with Crippen molar-refractivity contribution in [2.75, 3.05) is 36.4 Å². The van der Waals surface area contributed by atoms with Crippen LogP contribution in [0.1, 0.15) is 30.0 Å². The first kappa shape index (κ1) is 19.9. The van der Waals surface area contributed by atoms with Crippen molar-refractivity contribution in [1.29, 1.82) is 0 Å². The third kappa shape index (κ3) is 3.76. The van der Waals surface area contributed by atoms with Crippen LogP contribution >= 0.6 is 0 Å². The fourth-order valence-corrected chi connectivity index (χ4v) is 4.87. The molecule has 162 valence electrons. The molecule has 0 radical (unpaired) electrons. The van der Waals surface area contributed by atoms with Crippen LogP contribution < -0.4 is 15.8 Å². The summed E-state index contributed by atoms with van der Waals surface area (Å²) in [6.07, 6.45) is 4.25. The van der Waals surface area contributed by atoms with Crippen molar-refractivity contribution in [3.05, 3.63) is 57.4 Å². The summed E-state index contributed by atoms with van der Waals surface area (Å²) in [4.78, 5) is 28.5. The van der Waals surface area contributed by atoms with Gasteiger partial charge < -0.3 is 15.2 Å². The lowest BCUT2D eigenvalue weighted by Gasteiger charge is -2.40. The number of H-pyrrole nitrogens is 1. The van der Waals surface area contributed by atoms with Gasteiger partial charge in [-0.3, -0.25) is 9.69 Å². The van der Waals surface area contributed by atoms with E-state index >= 15 is 0 Å². The van der Waals surface area contributed by atoms with Crippen LogP contribution in [0.3, 0.4) is 0 Å². The van der Waals surface area contributed by atoms with Crippen molar-refractivity contribution >= 4 is 22.5 Å². The van der Waals surface area contributed by atoms with Gasteiger partial charge in [-0.15, -0.1) is 0 Å². The second kappa shape index (κ2) is 7.92. The molecule has 2 aliphatic heterocycles. The summed E-state index contributed by atoms with van der Waals surface area (Å²) >= 11 is 0. The number of piperazine rings is 1. The van der Waals surface area contributed by atoms with Gasteiger partial charge >= 0.3 is 0 Å². The Labute approximate surface area is 180 Å². The van der Waals surface area contributed by atoms with E-state index in [-0.39, 0.29) is 5.56 Å². The minimum absolute atomic E-state index is 0.0209. The Morgan fingerprint density at radius 3 is 2.81 bits per heavy atom. The highest BCUT2D eigenvalue weighted by molar-refractivity contribution is 5.96. The molecular weight excluding hydrogens is 395 g/mol. The smallest absolute Gasteiger partial charge is 0.253 e. The zero-order valence-electron chi connectivity index (χ0n) is 17.9. The number of hydrogen-bond acceptors (Lipinski definition) is 6. The molecule has 31 heavy (non-hydrogen) atoms. The second-order valence-corrected chi connectivity index (χ2v) is 8.64. The van der Waals surface area contributed by atoms with Crippen molar-refractivity contribution in [1.82, 2.24) is 19.9 Å². The highest BCUT2D eigenvalue weighted by atomic mass is 19.1. The van der Waals surface area contributed by atoms with Crippen LogP contribution in [-0.2, 0) is 13.0 Å². The first-order chi connectivity index (χ1) is 15.0. The van der Waals surface area contributed by atoms with E-state index < -0.39 is 5.82 Å². The Hall–Kier alpha value is -3.00. The maximum atomic E-state index is 13.1. The summed E-state index contributed by atoms with van der Waals surface area (Å²) in [7, 11) is 0. The van der Waals surface area contributed by atoms with Crippen molar-refractivity contribution in [3.63, 3.8) is 0 Å². The molecule has 3 aromatic rings. The first-order valence-corrected chi connectivity index (χ1v) is 10.9. The topological polar surface area (TPSA) is 77.2 Å². The number of anilines is 2. The quantitative estimate of drug-likeness (QED) is 0.676. The average Bonchev–Trinajstić information content (AvgIpc) is 2.75. The van der Waals surface area contributed by atoms with Crippen LogP contribution in [0.4, 0.5) is 16.0 Å². The molecule has 8 heteroatoms. The average molecular weight is 423 g/mol. The van der Waals surface area contributed by atoms with E-state index in [0.717, 1.165) is 67.7 Å². The first-order valence-electron chi connectivity index (χ1n) is 10.9. The van der Waals surface area contributed by atoms with Gasteiger partial charge in [0.15, 0.2) is 5.82 Å². The van der Waals surface area contributed by atoms with E-state index in [1.807, 2.05) is 0 Å². The number of aryl methyl sites for hydroxylation is 1. The zero-order chi connectivity index (χ0) is 21.5. The lowest BCUT2D eigenvalue weighted by Crippen LogP contribution is -2.51. The number of halogens is 1. The largest absolute Gasteiger partial charge is 0.384 e. The van der Waals surface area contributed by atoms with E-state index in [2.05, 4.69) is 56.0 Å². The van der Waals surface area contributed by atoms with E-state index in [4.69, 9.17) is 0 Å². The van der Waals surface area contributed by atoms with E-state index in [1.165, 1.54) is 23.5 Å². The minimum Gasteiger partial charge on any atom is -0.384 e. The summed E-state index contributed by atoms with van der Waals surface area (Å²) < 4.78 is 13.1. The molecule has 0 amide bonds. The molecule has 1 aromatic carbocycles. The Balaban J connectivity index is 1.37. The maximum Gasteiger partial charge on any atom is 0.253 e. The number of rotatable bonds is 3. The van der Waals surface area contributed by atoms with Crippen LogP contribution in [0.2, 0.25) is 0 Å². The van der Waals surface area contributed by atoms with Gasteiger partial charge in [-0.1, -0.05) is 6.07 Å². The van der Waals surface area contributed by atoms with Crippen LogP contribution in [0.15, 0.2) is 29.3 Å². The van der Waals surface area contributed by atoms with Gasteiger partial charge in [0.2, 0.25) is 5.95 Å². The second-order valence-electron chi connectivity index (χ2n) is 8.64. The molecule has 1 saturated heterocycles. The Morgan fingerprint density at radius 2 is 2.03 bits per heavy atom. The molecule has 1 fully saturated rings. The predicted octanol–water partition coefficient (Wildman–Crippen LogP) is 2.83. The van der Waals surface area contributed by atoms with Crippen LogP contribution in [0, 0.1) is 12.7 Å². The monoisotopic (exact) mass is 422 g/mol. The number of benzene rings is 1. The molecule has 2 aromatic heterocycles. The number of nitrogens with one attached hydrogen (secondary N) is 2. The summed E-state index contributed by atoms with van der Waals surface area (Å²) in [6.45, 7) is 8.46. The molecule has 2 aliphatic rings. The normalized spacial score (nSPS) is 19.3. The van der Waals surface area contributed by atoms with Gasteiger partial charge in [-0.25, -0.2) is 14.4 Å². The van der Waals surface area contributed by atoms with E-state index in [9.17, 15) is 9.18 Å². The number of nitrogens with zero attached hydrogens (tertiary/aromatic N) is 4. The summed E-state index contributed by atoms with van der Waals surface area (Å²) in [5.41, 5.74) is 5.18. The molecule has 2 N–H and O–H groups in total. The highest BCUT2D eigenvalue weighted by Crippen LogP contribution is 2.31. The molecule has 0 bridgehead atoms. The van der Waals surface area contributed by atoms with Gasteiger partial charge in [0.25, 0.3) is 5.56 Å². The fraction of sp³-hybridized carbons (Fsp3) is 0.435. The zero-order valence-corrected chi connectivity index (χ0v) is 17.9. The molecule has 5 rings (SSSR count). The third-order valence-electron chi connectivity index (χ3n) is 6.42. The Kier molecular flexibility index (Phi) is 5.09. The van der Waals surface area contributed by atoms with Gasteiger partial charge in [-0.05, 0) is 43.9 Å². The molecule has 0 saturated carbocycles. The Bertz CT molecular complexity index is 1180. The SMILES string of the molecule is Cc1cc(CN2CCN(c3ncc(F)cn3)CC2C)cc2[nH]c(=O)c3c(c12)NCCC3. The fourth-order valence-electron chi connectivity index (χ4n) is 4.87. The van der Waals surface area contributed by atoms with Crippen LogP contribution in [-0.4, -0.2) is 52.1 Å². The molecule has 1 unspecified atom stereocenters. The van der Waals surface area contributed by atoms with Gasteiger partial charge in [0.05, 0.1) is 23.6 Å². The number of pyridine rings is 1.